The number of hydrogen-bond donors (Lipinski definition) is 1. The van der Waals surface area contributed by atoms with Crippen molar-refractivity contribution in [2.24, 2.45) is 5.92 Å². The number of ether oxygens (including phenoxy) is 1. The van der Waals surface area contributed by atoms with E-state index < -0.39 is 0 Å². The SMILES string of the molecule is O=C(NCCOc1ccc2ccccc2c1)C1CCN(C(=O)c2ccc(Br)cc2)CC1. The Hall–Kier alpha value is -2.86. The number of halogens is 1. The van der Waals surface area contributed by atoms with Crippen molar-refractivity contribution in [1.82, 2.24) is 10.2 Å². The molecule has 1 heterocycles. The quantitative estimate of drug-likeness (QED) is 0.522. The van der Waals surface area contributed by atoms with E-state index in [2.05, 4.69) is 33.4 Å². The van der Waals surface area contributed by atoms with Gasteiger partial charge in [-0.3, -0.25) is 9.59 Å². The number of nitrogens with zero attached hydrogens (tertiary/aromatic N) is 1. The number of hydrogen-bond acceptors (Lipinski definition) is 3. The van der Waals surface area contributed by atoms with E-state index in [9.17, 15) is 9.59 Å². The maximum Gasteiger partial charge on any atom is 0.253 e. The van der Waals surface area contributed by atoms with Crippen LogP contribution in [0.2, 0.25) is 0 Å². The molecule has 3 aromatic rings. The number of benzene rings is 3. The van der Waals surface area contributed by atoms with Crippen LogP contribution in [0.25, 0.3) is 10.8 Å². The molecule has 31 heavy (non-hydrogen) atoms. The van der Waals surface area contributed by atoms with E-state index in [-0.39, 0.29) is 17.7 Å². The van der Waals surface area contributed by atoms with Crippen LogP contribution < -0.4 is 10.1 Å². The van der Waals surface area contributed by atoms with Crippen molar-refractivity contribution in [2.45, 2.75) is 12.8 Å². The Morgan fingerprint density at radius 2 is 1.68 bits per heavy atom. The van der Waals surface area contributed by atoms with Crippen LogP contribution in [0.5, 0.6) is 5.75 Å². The Morgan fingerprint density at radius 3 is 2.42 bits per heavy atom. The van der Waals surface area contributed by atoms with Crippen molar-refractivity contribution >= 4 is 38.5 Å². The zero-order chi connectivity index (χ0) is 21.6. The Labute approximate surface area is 190 Å². The summed E-state index contributed by atoms with van der Waals surface area (Å²) < 4.78 is 6.73. The van der Waals surface area contributed by atoms with Gasteiger partial charge in [0.1, 0.15) is 12.4 Å². The van der Waals surface area contributed by atoms with Gasteiger partial charge < -0.3 is 15.0 Å². The van der Waals surface area contributed by atoms with Crippen LogP contribution in [0.1, 0.15) is 23.2 Å². The molecule has 0 atom stereocenters. The second kappa shape index (κ2) is 9.96. The van der Waals surface area contributed by atoms with Crippen LogP contribution in [-0.4, -0.2) is 43.0 Å². The van der Waals surface area contributed by atoms with Crippen molar-refractivity contribution < 1.29 is 14.3 Å². The number of amides is 2. The Kier molecular flexibility index (Phi) is 6.87. The van der Waals surface area contributed by atoms with Gasteiger partial charge in [-0.2, -0.15) is 0 Å². The van der Waals surface area contributed by atoms with Gasteiger partial charge in [-0.1, -0.05) is 46.3 Å². The number of fused-ring (bicyclic) bond motifs is 1. The van der Waals surface area contributed by atoms with E-state index in [1.165, 1.54) is 5.39 Å². The van der Waals surface area contributed by atoms with Gasteiger partial charge in [-0.05, 0) is 60.0 Å². The average Bonchev–Trinajstić information content (AvgIpc) is 2.82. The van der Waals surface area contributed by atoms with Crippen molar-refractivity contribution in [3.63, 3.8) is 0 Å². The summed E-state index contributed by atoms with van der Waals surface area (Å²) in [6.07, 6.45) is 1.36. The van der Waals surface area contributed by atoms with Crippen LogP contribution in [0.4, 0.5) is 0 Å². The van der Waals surface area contributed by atoms with Crippen LogP contribution >= 0.6 is 15.9 Å². The molecule has 2 amide bonds. The third kappa shape index (κ3) is 5.44. The molecule has 0 aliphatic carbocycles. The molecule has 5 nitrogen and oxygen atoms in total. The van der Waals surface area contributed by atoms with Crippen molar-refractivity contribution in [2.75, 3.05) is 26.2 Å². The lowest BCUT2D eigenvalue weighted by Gasteiger charge is -2.31. The molecule has 0 spiro atoms. The van der Waals surface area contributed by atoms with E-state index in [0.717, 1.165) is 15.6 Å². The fourth-order valence-corrected chi connectivity index (χ4v) is 4.13. The second-order valence-corrected chi connectivity index (χ2v) is 8.64. The zero-order valence-electron chi connectivity index (χ0n) is 17.2. The van der Waals surface area contributed by atoms with Gasteiger partial charge in [-0.25, -0.2) is 0 Å². The van der Waals surface area contributed by atoms with Gasteiger partial charge >= 0.3 is 0 Å². The molecule has 6 heteroatoms. The minimum atomic E-state index is -0.0605. The Balaban J connectivity index is 1.19. The molecule has 3 aromatic carbocycles. The van der Waals surface area contributed by atoms with Crippen LogP contribution in [-0.2, 0) is 4.79 Å². The minimum absolute atomic E-state index is 0.0233. The standard InChI is InChI=1S/C25H25BrN2O3/c26-22-8-5-20(6-9-22)25(30)28-14-11-19(12-15-28)24(29)27-13-16-31-23-10-7-18-3-1-2-4-21(18)17-23/h1-10,17,19H,11-16H2,(H,27,29). The highest BCUT2D eigenvalue weighted by molar-refractivity contribution is 9.10. The van der Waals surface area contributed by atoms with E-state index in [1.54, 1.807) is 0 Å². The summed E-state index contributed by atoms with van der Waals surface area (Å²) >= 11 is 3.38. The maximum atomic E-state index is 12.6. The average molecular weight is 481 g/mol. The van der Waals surface area contributed by atoms with E-state index in [0.29, 0.717) is 44.6 Å². The van der Waals surface area contributed by atoms with Gasteiger partial charge in [-0.15, -0.1) is 0 Å². The Morgan fingerprint density at radius 1 is 0.968 bits per heavy atom. The van der Waals surface area contributed by atoms with Crippen molar-refractivity contribution in [3.8, 4) is 5.75 Å². The highest BCUT2D eigenvalue weighted by atomic mass is 79.9. The van der Waals surface area contributed by atoms with E-state index >= 15 is 0 Å². The van der Waals surface area contributed by atoms with Gasteiger partial charge in [0.2, 0.25) is 5.91 Å². The van der Waals surface area contributed by atoms with Gasteiger partial charge in [0.15, 0.2) is 0 Å². The number of likely N-dealkylation sites (tertiary alicyclic amines) is 1. The number of piperidine rings is 1. The molecule has 0 aromatic heterocycles. The van der Waals surface area contributed by atoms with Crippen LogP contribution in [0.15, 0.2) is 71.2 Å². The predicted octanol–water partition coefficient (Wildman–Crippen LogP) is 4.65. The molecule has 1 aliphatic rings. The van der Waals surface area contributed by atoms with Crippen LogP contribution in [0, 0.1) is 5.92 Å². The predicted molar refractivity (Wildman–Crippen MR) is 125 cm³/mol. The molecule has 0 radical (unpaired) electrons. The summed E-state index contributed by atoms with van der Waals surface area (Å²) in [6.45, 7) is 2.08. The first kappa shape index (κ1) is 21.4. The molecule has 1 fully saturated rings. The number of carbonyl (C=O) groups excluding carboxylic acids is 2. The van der Waals surface area contributed by atoms with Crippen molar-refractivity contribution in [1.29, 1.82) is 0 Å². The summed E-state index contributed by atoms with van der Waals surface area (Å²) in [6, 6.07) is 21.5. The highest BCUT2D eigenvalue weighted by Gasteiger charge is 2.27. The first-order valence-electron chi connectivity index (χ1n) is 10.5. The molecular weight excluding hydrogens is 456 g/mol. The Bertz CT molecular complexity index is 1060. The van der Waals surface area contributed by atoms with Gasteiger partial charge in [0.25, 0.3) is 5.91 Å². The summed E-state index contributed by atoms with van der Waals surface area (Å²) in [4.78, 5) is 26.9. The molecule has 1 saturated heterocycles. The third-order valence-electron chi connectivity index (χ3n) is 5.64. The molecule has 1 N–H and O–H groups in total. The molecule has 1 aliphatic heterocycles. The highest BCUT2D eigenvalue weighted by Crippen LogP contribution is 2.21. The third-order valence-corrected chi connectivity index (χ3v) is 6.16. The topological polar surface area (TPSA) is 58.6 Å². The molecule has 0 saturated carbocycles. The minimum Gasteiger partial charge on any atom is -0.492 e. The van der Waals surface area contributed by atoms with E-state index in [4.69, 9.17) is 4.74 Å². The fraction of sp³-hybridized carbons (Fsp3) is 0.280. The summed E-state index contributed by atoms with van der Waals surface area (Å²) in [5, 5.41) is 5.28. The lowest BCUT2D eigenvalue weighted by atomic mass is 9.95. The van der Waals surface area contributed by atoms with Crippen molar-refractivity contribution in [3.05, 3.63) is 76.8 Å². The number of carbonyl (C=O) groups is 2. The monoisotopic (exact) mass is 480 g/mol. The molecule has 0 bridgehead atoms. The molecule has 160 valence electrons. The largest absolute Gasteiger partial charge is 0.492 e. The summed E-state index contributed by atoms with van der Waals surface area (Å²) in [5.41, 5.74) is 0.678. The maximum absolute atomic E-state index is 12.6. The lowest BCUT2D eigenvalue weighted by molar-refractivity contribution is -0.126. The molecule has 4 rings (SSSR count). The molecular formula is C25H25BrN2O3. The summed E-state index contributed by atoms with van der Waals surface area (Å²) in [5.74, 6) is 0.801. The lowest BCUT2D eigenvalue weighted by Crippen LogP contribution is -2.43. The smallest absolute Gasteiger partial charge is 0.253 e. The number of nitrogens with one attached hydrogen (secondary N) is 1. The first-order chi connectivity index (χ1) is 15.1. The normalized spacial score (nSPS) is 14.4. The zero-order valence-corrected chi connectivity index (χ0v) is 18.8. The van der Waals surface area contributed by atoms with Gasteiger partial charge in [0, 0.05) is 29.0 Å². The molecule has 0 unspecified atom stereocenters. The number of rotatable bonds is 6. The van der Waals surface area contributed by atoms with Gasteiger partial charge in [0.05, 0.1) is 6.54 Å². The summed E-state index contributed by atoms with van der Waals surface area (Å²) in [7, 11) is 0. The van der Waals surface area contributed by atoms with Crippen LogP contribution in [0.3, 0.4) is 0 Å². The second-order valence-electron chi connectivity index (χ2n) is 7.72. The fourth-order valence-electron chi connectivity index (χ4n) is 3.86. The first-order valence-corrected chi connectivity index (χ1v) is 11.3. The van der Waals surface area contributed by atoms with E-state index in [1.807, 2.05) is 59.5 Å².